The molecule has 0 saturated heterocycles. The van der Waals surface area contributed by atoms with Crippen molar-refractivity contribution in [3.05, 3.63) is 54.4 Å². The minimum Gasteiger partial charge on any atom is -0.494 e. The fourth-order valence-electron chi connectivity index (χ4n) is 5.33. The van der Waals surface area contributed by atoms with E-state index in [-0.39, 0.29) is 24.4 Å². The van der Waals surface area contributed by atoms with E-state index in [4.69, 9.17) is 9.15 Å². The largest absolute Gasteiger partial charge is 0.494 e. The summed E-state index contributed by atoms with van der Waals surface area (Å²) in [6, 6.07) is 12.8. The molecule has 8 nitrogen and oxygen atoms in total. The molecule has 1 aliphatic carbocycles. The zero-order chi connectivity index (χ0) is 25.1. The molecule has 8 heteroatoms. The normalized spacial score (nSPS) is 20.9. The topological polar surface area (TPSA) is 89.6 Å². The Labute approximate surface area is 211 Å². The van der Waals surface area contributed by atoms with Gasteiger partial charge in [-0.25, -0.2) is 0 Å². The molecule has 1 atom stereocenters. The van der Waals surface area contributed by atoms with Crippen LogP contribution in [0.2, 0.25) is 0 Å². The highest BCUT2D eigenvalue weighted by atomic mass is 16.5. The fraction of sp³-hybridized carbons (Fsp3) is 0.464. The third kappa shape index (κ3) is 4.64. The van der Waals surface area contributed by atoms with Gasteiger partial charge in [0.05, 0.1) is 19.4 Å². The number of ether oxygens (including phenoxy) is 1. The number of anilines is 1. The van der Waals surface area contributed by atoms with Crippen LogP contribution in [-0.2, 0) is 11.3 Å². The summed E-state index contributed by atoms with van der Waals surface area (Å²) < 4.78 is 12.7. The van der Waals surface area contributed by atoms with Crippen molar-refractivity contribution in [1.82, 2.24) is 15.1 Å². The Morgan fingerprint density at radius 2 is 1.86 bits per heavy atom. The van der Waals surface area contributed by atoms with Gasteiger partial charge in [-0.05, 0) is 63.1 Å². The van der Waals surface area contributed by atoms with E-state index in [9.17, 15) is 9.59 Å². The molecule has 1 aliphatic heterocycles. The third-order valence-corrected chi connectivity index (χ3v) is 7.26. The number of benzene rings is 1. The Balaban J connectivity index is 1.51. The number of hydrogen-bond donors (Lipinski definition) is 1. The van der Waals surface area contributed by atoms with Crippen LogP contribution in [-0.4, -0.2) is 39.8 Å². The van der Waals surface area contributed by atoms with Crippen LogP contribution in [0, 0.1) is 0 Å². The molecule has 1 fully saturated rings. The first kappa shape index (κ1) is 24.2. The van der Waals surface area contributed by atoms with E-state index in [1.54, 1.807) is 28.0 Å². The highest BCUT2D eigenvalue weighted by Crippen LogP contribution is 2.35. The summed E-state index contributed by atoms with van der Waals surface area (Å²) in [6.45, 7) is 4.55. The van der Waals surface area contributed by atoms with E-state index in [2.05, 4.69) is 10.4 Å². The molecule has 3 heterocycles. The Kier molecular flexibility index (Phi) is 6.85. The van der Waals surface area contributed by atoms with Crippen LogP contribution in [0.5, 0.6) is 5.75 Å². The zero-order valence-electron chi connectivity index (χ0n) is 21.0. The lowest BCUT2D eigenvalue weighted by Gasteiger charge is -2.43. The summed E-state index contributed by atoms with van der Waals surface area (Å²) in [5.74, 6) is 0.872. The number of furan rings is 1. The van der Waals surface area contributed by atoms with Crippen LogP contribution in [0.25, 0.3) is 11.5 Å². The van der Waals surface area contributed by atoms with Crippen molar-refractivity contribution in [2.24, 2.45) is 0 Å². The molecular formula is C28H34N4O4. The van der Waals surface area contributed by atoms with Gasteiger partial charge < -0.3 is 14.5 Å². The SMILES string of the molecule is CCOc1ccc(N2C(=O)c3cc(-c4ccco4)nn3C[C@]2(C)C(=O)NC2CCCCCCC2)cc1. The molecule has 2 aromatic heterocycles. The minimum absolute atomic E-state index is 0.115. The van der Waals surface area contributed by atoms with Crippen LogP contribution in [0.4, 0.5) is 5.69 Å². The number of nitrogens with one attached hydrogen (secondary N) is 1. The molecule has 1 N–H and O–H groups in total. The standard InChI is InChI=1S/C28H34N4O4/c1-3-35-22-15-13-21(14-16-22)32-26(33)24-18-23(25-12-9-17-36-25)30-31(24)19-28(32,2)27(34)29-20-10-7-5-4-6-8-11-20/h9,12-18,20H,3-8,10-11,19H2,1-2H3,(H,29,34)/t28-/m1/s1. The Hall–Kier alpha value is -3.55. The van der Waals surface area contributed by atoms with Gasteiger partial charge in [0, 0.05) is 17.8 Å². The van der Waals surface area contributed by atoms with Crippen molar-refractivity contribution in [2.75, 3.05) is 11.5 Å². The van der Waals surface area contributed by atoms with Gasteiger partial charge in [-0.2, -0.15) is 5.10 Å². The summed E-state index contributed by atoms with van der Waals surface area (Å²) in [6.07, 6.45) is 9.40. The van der Waals surface area contributed by atoms with Crippen molar-refractivity contribution in [3.8, 4) is 17.2 Å². The van der Waals surface area contributed by atoms with Crippen molar-refractivity contribution in [1.29, 1.82) is 0 Å². The second-order valence-corrected chi connectivity index (χ2v) is 9.91. The summed E-state index contributed by atoms with van der Waals surface area (Å²) in [5, 5.41) is 7.93. The van der Waals surface area contributed by atoms with Crippen LogP contribution < -0.4 is 15.0 Å². The lowest BCUT2D eigenvalue weighted by atomic mass is 9.91. The Morgan fingerprint density at radius 3 is 2.53 bits per heavy atom. The van der Waals surface area contributed by atoms with Gasteiger partial charge in [0.15, 0.2) is 5.76 Å². The lowest BCUT2D eigenvalue weighted by Crippen LogP contribution is -2.65. The van der Waals surface area contributed by atoms with Gasteiger partial charge in [0.2, 0.25) is 5.91 Å². The predicted octanol–water partition coefficient (Wildman–Crippen LogP) is 5.19. The van der Waals surface area contributed by atoms with Crippen LogP contribution in [0.3, 0.4) is 0 Å². The fourth-order valence-corrected chi connectivity index (χ4v) is 5.33. The predicted molar refractivity (Wildman–Crippen MR) is 137 cm³/mol. The molecule has 2 aliphatic rings. The molecule has 0 bridgehead atoms. The van der Waals surface area contributed by atoms with Crippen molar-refractivity contribution in [3.63, 3.8) is 0 Å². The van der Waals surface area contributed by atoms with Crippen molar-refractivity contribution in [2.45, 2.75) is 76.9 Å². The number of carbonyl (C=O) groups excluding carboxylic acids is 2. The maximum atomic E-state index is 13.9. The van der Waals surface area contributed by atoms with Gasteiger partial charge in [-0.15, -0.1) is 0 Å². The van der Waals surface area contributed by atoms with Gasteiger partial charge in [0.25, 0.3) is 5.91 Å². The second kappa shape index (κ2) is 10.2. The van der Waals surface area contributed by atoms with Crippen molar-refractivity contribution < 1.29 is 18.7 Å². The van der Waals surface area contributed by atoms with Crippen molar-refractivity contribution >= 4 is 17.5 Å². The molecule has 190 valence electrons. The number of fused-ring (bicyclic) bond motifs is 1. The Bertz CT molecular complexity index is 1190. The highest BCUT2D eigenvalue weighted by Gasteiger charge is 2.49. The third-order valence-electron chi connectivity index (χ3n) is 7.26. The van der Waals surface area contributed by atoms with E-state index in [1.807, 2.05) is 44.2 Å². The summed E-state index contributed by atoms with van der Waals surface area (Å²) in [4.78, 5) is 29.5. The van der Waals surface area contributed by atoms with E-state index in [1.165, 1.54) is 19.3 Å². The number of hydrogen-bond acceptors (Lipinski definition) is 5. The molecule has 1 saturated carbocycles. The van der Waals surface area contributed by atoms with Crippen LogP contribution in [0.1, 0.15) is 69.3 Å². The first-order chi connectivity index (χ1) is 17.5. The summed E-state index contributed by atoms with van der Waals surface area (Å²) >= 11 is 0. The molecule has 0 radical (unpaired) electrons. The van der Waals surface area contributed by atoms with Gasteiger partial charge in [0.1, 0.15) is 22.7 Å². The molecule has 36 heavy (non-hydrogen) atoms. The highest BCUT2D eigenvalue weighted by molar-refractivity contribution is 6.12. The average Bonchev–Trinajstić information content (AvgIpc) is 3.52. The summed E-state index contributed by atoms with van der Waals surface area (Å²) in [5.41, 5.74) is 0.475. The van der Waals surface area contributed by atoms with Crippen LogP contribution in [0.15, 0.2) is 53.1 Å². The number of amides is 2. The molecule has 5 rings (SSSR count). The van der Waals surface area contributed by atoms with E-state index >= 15 is 0 Å². The molecular weight excluding hydrogens is 456 g/mol. The maximum Gasteiger partial charge on any atom is 0.277 e. The first-order valence-electron chi connectivity index (χ1n) is 13.0. The molecule has 0 spiro atoms. The van der Waals surface area contributed by atoms with E-state index in [0.717, 1.165) is 31.4 Å². The van der Waals surface area contributed by atoms with Gasteiger partial charge in [-0.1, -0.05) is 32.1 Å². The second-order valence-electron chi connectivity index (χ2n) is 9.91. The molecule has 2 amide bonds. The molecule has 3 aromatic rings. The summed E-state index contributed by atoms with van der Waals surface area (Å²) in [7, 11) is 0. The average molecular weight is 491 g/mol. The Morgan fingerprint density at radius 1 is 1.14 bits per heavy atom. The van der Waals surface area contributed by atoms with E-state index < -0.39 is 5.54 Å². The van der Waals surface area contributed by atoms with Crippen LogP contribution >= 0.6 is 0 Å². The maximum absolute atomic E-state index is 13.9. The number of aromatic nitrogens is 2. The zero-order valence-corrected chi connectivity index (χ0v) is 21.0. The minimum atomic E-state index is -1.16. The monoisotopic (exact) mass is 490 g/mol. The van der Waals surface area contributed by atoms with Gasteiger partial charge >= 0.3 is 0 Å². The van der Waals surface area contributed by atoms with E-state index in [0.29, 0.717) is 29.4 Å². The smallest absolute Gasteiger partial charge is 0.277 e. The number of rotatable bonds is 6. The number of carbonyl (C=O) groups is 2. The first-order valence-corrected chi connectivity index (χ1v) is 13.0. The molecule has 0 unspecified atom stereocenters. The number of nitrogens with zero attached hydrogens (tertiary/aromatic N) is 3. The quantitative estimate of drug-likeness (QED) is 0.514. The molecule has 1 aromatic carbocycles. The van der Waals surface area contributed by atoms with Gasteiger partial charge in [-0.3, -0.25) is 19.2 Å². The lowest BCUT2D eigenvalue weighted by molar-refractivity contribution is -0.127.